The summed E-state index contributed by atoms with van der Waals surface area (Å²) in [7, 11) is 0. The number of piperidine rings is 1. The van der Waals surface area contributed by atoms with Crippen LogP contribution in [-0.2, 0) is 17.9 Å². The summed E-state index contributed by atoms with van der Waals surface area (Å²) in [4.78, 5) is 23.9. The van der Waals surface area contributed by atoms with E-state index in [0.29, 0.717) is 42.5 Å². The molecular weight excluding hydrogens is 450 g/mol. The van der Waals surface area contributed by atoms with Crippen LogP contribution in [0.2, 0.25) is 0 Å². The summed E-state index contributed by atoms with van der Waals surface area (Å²) >= 11 is 1.31. The van der Waals surface area contributed by atoms with Gasteiger partial charge in [-0.3, -0.25) is 9.69 Å². The van der Waals surface area contributed by atoms with E-state index < -0.39 is 0 Å². The molecule has 3 N–H and O–H groups in total. The molecule has 0 atom stereocenters. The zero-order valence-corrected chi connectivity index (χ0v) is 20.7. The number of anilines is 2. The predicted molar refractivity (Wildman–Crippen MR) is 135 cm³/mol. The number of benzene rings is 1. The largest absolute Gasteiger partial charge is 0.355 e. The summed E-state index contributed by atoms with van der Waals surface area (Å²) in [6.07, 6.45) is 3.95. The fraction of sp³-hybridized carbons (Fsp3) is 0.522. The maximum absolute atomic E-state index is 12.5. The Morgan fingerprint density at radius 1 is 0.971 bits per heavy atom. The standard InChI is InChI=1S/C23H33N9OS/c1-3-24-20-27-21(25-4-2)32-22(28-20)29-30-23(32)34-16-19(33)26-14-17-8-10-18(11-9-17)15-31-12-6-5-7-13-31/h8-11H,3-7,12-16H2,1-2H3,(H,26,33)(H2,24,25,27,28,29). The highest BCUT2D eigenvalue weighted by Gasteiger charge is 2.16. The number of nitrogens with zero attached hydrogens (tertiary/aromatic N) is 6. The summed E-state index contributed by atoms with van der Waals surface area (Å²) in [5.41, 5.74) is 2.41. The number of hydrogen-bond acceptors (Lipinski definition) is 9. The highest BCUT2D eigenvalue weighted by atomic mass is 32.2. The molecule has 11 heteroatoms. The van der Waals surface area contributed by atoms with Gasteiger partial charge in [0, 0.05) is 26.2 Å². The highest BCUT2D eigenvalue weighted by Crippen LogP contribution is 2.21. The third-order valence-corrected chi connectivity index (χ3v) is 6.54. The van der Waals surface area contributed by atoms with E-state index in [9.17, 15) is 4.79 Å². The Morgan fingerprint density at radius 2 is 1.71 bits per heavy atom. The van der Waals surface area contributed by atoms with Crippen molar-refractivity contribution in [2.75, 3.05) is 42.6 Å². The average molecular weight is 484 g/mol. The average Bonchev–Trinajstić information content (AvgIpc) is 3.26. The van der Waals surface area contributed by atoms with Crippen LogP contribution in [0.25, 0.3) is 5.78 Å². The molecule has 0 aliphatic carbocycles. The summed E-state index contributed by atoms with van der Waals surface area (Å²) in [5.74, 6) is 1.70. The van der Waals surface area contributed by atoms with Crippen molar-refractivity contribution in [1.82, 2.24) is 34.8 Å². The lowest BCUT2D eigenvalue weighted by Crippen LogP contribution is -2.29. The lowest BCUT2D eigenvalue weighted by molar-refractivity contribution is -0.118. The first kappa shape index (κ1) is 24.2. The number of amides is 1. The second-order valence-electron chi connectivity index (χ2n) is 8.27. The molecule has 1 aliphatic rings. The fourth-order valence-corrected chi connectivity index (χ4v) is 4.68. The van der Waals surface area contributed by atoms with E-state index in [1.54, 1.807) is 4.40 Å². The number of nitrogens with one attached hydrogen (secondary N) is 3. The van der Waals surface area contributed by atoms with Crippen molar-refractivity contribution in [2.24, 2.45) is 0 Å². The van der Waals surface area contributed by atoms with E-state index in [4.69, 9.17) is 0 Å². The zero-order chi connectivity index (χ0) is 23.8. The van der Waals surface area contributed by atoms with Gasteiger partial charge in [0.05, 0.1) is 5.75 Å². The first-order valence-electron chi connectivity index (χ1n) is 12.0. The molecule has 1 saturated heterocycles. The number of likely N-dealkylation sites (tertiary alicyclic amines) is 1. The molecule has 0 radical (unpaired) electrons. The fourth-order valence-electron chi connectivity index (χ4n) is 3.92. The molecule has 2 aromatic heterocycles. The van der Waals surface area contributed by atoms with Crippen LogP contribution in [0.15, 0.2) is 29.4 Å². The number of hydrogen-bond donors (Lipinski definition) is 3. The van der Waals surface area contributed by atoms with Crippen molar-refractivity contribution in [2.45, 2.75) is 51.4 Å². The van der Waals surface area contributed by atoms with Crippen molar-refractivity contribution in [3.8, 4) is 0 Å². The first-order chi connectivity index (χ1) is 16.7. The molecule has 3 heterocycles. The molecule has 1 amide bonds. The smallest absolute Gasteiger partial charge is 0.261 e. The van der Waals surface area contributed by atoms with E-state index in [1.807, 2.05) is 13.8 Å². The van der Waals surface area contributed by atoms with Crippen LogP contribution in [0.3, 0.4) is 0 Å². The Labute approximate surface area is 204 Å². The van der Waals surface area contributed by atoms with Crippen LogP contribution >= 0.6 is 11.8 Å². The topological polar surface area (TPSA) is 112 Å². The van der Waals surface area contributed by atoms with Crippen molar-refractivity contribution >= 4 is 35.3 Å². The van der Waals surface area contributed by atoms with Gasteiger partial charge in [-0.2, -0.15) is 9.97 Å². The normalized spacial score (nSPS) is 14.3. The van der Waals surface area contributed by atoms with Crippen LogP contribution in [0, 0.1) is 0 Å². The molecule has 34 heavy (non-hydrogen) atoms. The molecule has 0 bridgehead atoms. The first-order valence-corrected chi connectivity index (χ1v) is 13.0. The summed E-state index contributed by atoms with van der Waals surface area (Å²) in [5, 5.41) is 18.2. The van der Waals surface area contributed by atoms with Gasteiger partial charge in [0.15, 0.2) is 5.16 Å². The second kappa shape index (κ2) is 12.0. The van der Waals surface area contributed by atoms with Gasteiger partial charge in [0.25, 0.3) is 5.78 Å². The maximum atomic E-state index is 12.5. The quantitative estimate of drug-likeness (QED) is 0.354. The Bertz CT molecular complexity index is 1080. The third kappa shape index (κ3) is 6.35. The van der Waals surface area contributed by atoms with Crippen LogP contribution < -0.4 is 16.0 Å². The van der Waals surface area contributed by atoms with Gasteiger partial charge in [-0.05, 0) is 50.9 Å². The molecule has 0 saturated carbocycles. The highest BCUT2D eigenvalue weighted by molar-refractivity contribution is 7.99. The minimum Gasteiger partial charge on any atom is -0.355 e. The van der Waals surface area contributed by atoms with Crippen molar-refractivity contribution in [3.63, 3.8) is 0 Å². The van der Waals surface area contributed by atoms with Gasteiger partial charge < -0.3 is 16.0 Å². The van der Waals surface area contributed by atoms with Crippen molar-refractivity contribution in [1.29, 1.82) is 0 Å². The minimum absolute atomic E-state index is 0.0608. The molecule has 1 aliphatic heterocycles. The van der Waals surface area contributed by atoms with Gasteiger partial charge in [0.1, 0.15) is 0 Å². The number of carbonyl (C=O) groups excluding carboxylic acids is 1. The Morgan fingerprint density at radius 3 is 2.44 bits per heavy atom. The second-order valence-corrected chi connectivity index (χ2v) is 9.21. The van der Waals surface area contributed by atoms with Crippen LogP contribution in [-0.4, -0.2) is 67.3 Å². The molecule has 0 spiro atoms. The number of aromatic nitrogens is 5. The molecule has 1 aromatic carbocycles. The number of fused-ring (bicyclic) bond motifs is 1. The maximum Gasteiger partial charge on any atom is 0.261 e. The predicted octanol–water partition coefficient (Wildman–Crippen LogP) is 2.78. The summed E-state index contributed by atoms with van der Waals surface area (Å²) in [6.45, 7) is 9.26. The van der Waals surface area contributed by atoms with Gasteiger partial charge >= 0.3 is 0 Å². The van der Waals surface area contributed by atoms with E-state index in [0.717, 1.165) is 12.1 Å². The molecule has 1 fully saturated rings. The van der Waals surface area contributed by atoms with Crippen molar-refractivity contribution < 1.29 is 4.79 Å². The van der Waals surface area contributed by atoms with E-state index in [2.05, 4.69) is 65.3 Å². The number of rotatable bonds is 11. The van der Waals surface area contributed by atoms with Crippen LogP contribution in [0.1, 0.15) is 44.2 Å². The molecular formula is C23H33N9OS. The molecule has 0 unspecified atom stereocenters. The van der Waals surface area contributed by atoms with Gasteiger partial charge in [-0.1, -0.05) is 42.4 Å². The number of thioether (sulfide) groups is 1. The molecule has 4 rings (SSSR count). The van der Waals surface area contributed by atoms with E-state index in [-0.39, 0.29) is 11.7 Å². The molecule has 182 valence electrons. The van der Waals surface area contributed by atoms with Crippen molar-refractivity contribution in [3.05, 3.63) is 35.4 Å². The van der Waals surface area contributed by atoms with Gasteiger partial charge in [-0.25, -0.2) is 4.40 Å². The summed E-state index contributed by atoms with van der Waals surface area (Å²) in [6, 6.07) is 8.52. The van der Waals surface area contributed by atoms with Crippen LogP contribution in [0.4, 0.5) is 11.9 Å². The molecule has 3 aromatic rings. The third-order valence-electron chi connectivity index (χ3n) is 5.62. The zero-order valence-electron chi connectivity index (χ0n) is 19.9. The SMILES string of the molecule is CCNc1nc(NCC)n2c(SCC(=O)NCc3ccc(CN4CCCCC4)cc3)nnc2n1. The van der Waals surface area contributed by atoms with Gasteiger partial charge in [-0.15, -0.1) is 10.2 Å². The lowest BCUT2D eigenvalue weighted by Gasteiger charge is -2.26. The number of carbonyl (C=O) groups is 1. The van der Waals surface area contributed by atoms with E-state index >= 15 is 0 Å². The molecule has 10 nitrogen and oxygen atoms in total. The Hall–Kier alpha value is -2.92. The van der Waals surface area contributed by atoms with Crippen LogP contribution in [0.5, 0.6) is 0 Å². The van der Waals surface area contributed by atoms with E-state index in [1.165, 1.54) is 49.7 Å². The Balaban J connectivity index is 1.30. The summed E-state index contributed by atoms with van der Waals surface area (Å²) < 4.78 is 1.74. The lowest BCUT2D eigenvalue weighted by atomic mass is 10.1. The van der Waals surface area contributed by atoms with Gasteiger partial charge in [0.2, 0.25) is 17.8 Å². The Kier molecular flexibility index (Phi) is 8.53. The monoisotopic (exact) mass is 483 g/mol. The minimum atomic E-state index is -0.0608.